The molecule has 0 saturated carbocycles. The predicted molar refractivity (Wildman–Crippen MR) is 79.6 cm³/mol. The molecular weight excluding hydrogens is 308 g/mol. The maximum absolute atomic E-state index is 12.0. The van der Waals surface area contributed by atoms with Crippen LogP contribution in [-0.4, -0.2) is 20.7 Å². The van der Waals surface area contributed by atoms with E-state index < -0.39 is 11.9 Å². The van der Waals surface area contributed by atoms with Gasteiger partial charge in [0, 0.05) is 4.88 Å². The molecule has 0 N–H and O–H groups in total. The molecule has 0 bridgehead atoms. The van der Waals surface area contributed by atoms with Crippen LogP contribution in [0.15, 0.2) is 35.7 Å². The van der Waals surface area contributed by atoms with Crippen molar-refractivity contribution in [3.63, 3.8) is 0 Å². The van der Waals surface area contributed by atoms with E-state index in [9.17, 15) is 9.59 Å². The molecule has 1 aromatic carbocycles. The van der Waals surface area contributed by atoms with Crippen LogP contribution in [0.3, 0.4) is 0 Å². The highest BCUT2D eigenvalue weighted by Gasteiger charge is 2.35. The first-order valence-electron chi connectivity index (χ1n) is 6.01. The van der Waals surface area contributed by atoms with E-state index in [4.69, 9.17) is 4.74 Å². The molecule has 3 aromatic rings. The number of hydrogen-bond acceptors (Lipinski definition) is 7. The lowest BCUT2D eigenvalue weighted by Gasteiger charge is -2.01. The number of benzene rings is 1. The van der Waals surface area contributed by atoms with Crippen LogP contribution in [-0.2, 0) is 14.3 Å². The highest BCUT2D eigenvalue weighted by atomic mass is 32.1. The van der Waals surface area contributed by atoms with E-state index in [1.54, 1.807) is 24.3 Å². The van der Waals surface area contributed by atoms with Crippen molar-refractivity contribution in [2.75, 3.05) is 0 Å². The van der Waals surface area contributed by atoms with Crippen LogP contribution in [0.4, 0.5) is 0 Å². The molecule has 2 aromatic heterocycles. The molecule has 0 saturated heterocycles. The monoisotopic (exact) mass is 314 g/mol. The molecule has 4 rings (SSSR count). The number of carbonyl (C=O) groups excluding carboxylic acids is 2. The zero-order valence-corrected chi connectivity index (χ0v) is 12.0. The average molecular weight is 314 g/mol. The lowest BCUT2D eigenvalue weighted by molar-refractivity contribution is -0.149. The van der Waals surface area contributed by atoms with Gasteiger partial charge in [-0.1, -0.05) is 12.1 Å². The Hall–Kier alpha value is -2.38. The number of esters is 2. The second-order valence-corrected chi connectivity index (χ2v) is 5.85. The van der Waals surface area contributed by atoms with E-state index >= 15 is 0 Å². The number of nitrogens with zero attached hydrogens (tertiary/aromatic N) is 2. The van der Waals surface area contributed by atoms with Gasteiger partial charge in [0.15, 0.2) is 0 Å². The third-order valence-electron chi connectivity index (χ3n) is 3.15. The Morgan fingerprint density at radius 3 is 2.57 bits per heavy atom. The highest BCUT2D eigenvalue weighted by Crippen LogP contribution is 2.36. The van der Waals surface area contributed by atoms with E-state index in [1.165, 1.54) is 11.3 Å². The molecule has 0 spiro atoms. The molecule has 0 fully saturated rings. The first kappa shape index (κ1) is 12.4. The number of aromatic nitrogens is 2. The van der Waals surface area contributed by atoms with E-state index in [2.05, 4.69) is 8.75 Å². The summed E-state index contributed by atoms with van der Waals surface area (Å²) in [7, 11) is 0. The Balaban J connectivity index is 1.98. The Bertz CT molecular complexity index is 909. The molecule has 3 heterocycles. The summed E-state index contributed by atoms with van der Waals surface area (Å²) in [6.07, 6.45) is 0. The van der Waals surface area contributed by atoms with Crippen molar-refractivity contribution in [3.05, 3.63) is 46.2 Å². The number of carbonyl (C=O) groups is 2. The van der Waals surface area contributed by atoms with Crippen LogP contribution in [0.2, 0.25) is 0 Å². The normalized spacial score (nSPS) is 15.0. The summed E-state index contributed by atoms with van der Waals surface area (Å²) >= 11 is 2.50. The Morgan fingerprint density at radius 1 is 0.952 bits per heavy atom. The van der Waals surface area contributed by atoms with Crippen LogP contribution in [0, 0.1) is 0 Å². The zero-order valence-electron chi connectivity index (χ0n) is 10.4. The van der Waals surface area contributed by atoms with Gasteiger partial charge in [-0.3, -0.25) is 0 Å². The molecule has 1 aliphatic rings. The second kappa shape index (κ2) is 4.57. The molecule has 0 unspecified atom stereocenters. The van der Waals surface area contributed by atoms with E-state index in [0.29, 0.717) is 16.7 Å². The Morgan fingerprint density at radius 2 is 1.76 bits per heavy atom. The number of ether oxygens (including phenoxy) is 1. The predicted octanol–water partition coefficient (Wildman–Crippen LogP) is 2.75. The summed E-state index contributed by atoms with van der Waals surface area (Å²) in [5.74, 6) is -1.22. The summed E-state index contributed by atoms with van der Waals surface area (Å²) < 4.78 is 13.1. The molecule has 7 heteroatoms. The van der Waals surface area contributed by atoms with Gasteiger partial charge in [-0.2, -0.15) is 8.75 Å². The number of rotatable bonds is 2. The minimum absolute atomic E-state index is 0.289. The van der Waals surface area contributed by atoms with Crippen LogP contribution < -0.4 is 0 Å². The number of hydrogen-bond donors (Lipinski definition) is 0. The summed E-state index contributed by atoms with van der Waals surface area (Å²) in [5, 5.41) is 1.85. The van der Waals surface area contributed by atoms with Gasteiger partial charge in [0.05, 0.1) is 22.9 Å². The molecule has 0 radical (unpaired) electrons. The standard InChI is InChI=1S/C14H6N2O3S2/c17-13-11(7-3-4-8-9(6-7)16-21-15-8)12(14(18)19-13)10-2-1-5-20-10/h1-6H. The number of cyclic esters (lactones) is 2. The third kappa shape index (κ3) is 1.90. The van der Waals surface area contributed by atoms with Gasteiger partial charge in [0.1, 0.15) is 11.0 Å². The van der Waals surface area contributed by atoms with Crippen LogP contribution >= 0.6 is 23.1 Å². The number of thiophene rings is 1. The maximum Gasteiger partial charge on any atom is 0.348 e. The Labute approximate surface area is 126 Å². The largest absolute Gasteiger partial charge is 0.386 e. The minimum atomic E-state index is -0.620. The summed E-state index contributed by atoms with van der Waals surface area (Å²) in [6.45, 7) is 0. The maximum atomic E-state index is 12.0. The Kier molecular flexibility index (Phi) is 2.69. The van der Waals surface area contributed by atoms with E-state index in [0.717, 1.165) is 22.1 Å². The van der Waals surface area contributed by atoms with Gasteiger partial charge >= 0.3 is 11.9 Å². The fourth-order valence-corrected chi connectivity index (χ4v) is 3.52. The lowest BCUT2D eigenvalue weighted by Crippen LogP contribution is -2.01. The molecule has 21 heavy (non-hydrogen) atoms. The number of fused-ring (bicyclic) bond motifs is 1. The molecular formula is C14H6N2O3S2. The van der Waals surface area contributed by atoms with Gasteiger partial charge < -0.3 is 4.74 Å². The SMILES string of the molecule is O=C1OC(=O)C(c2cccs2)=C1c1ccc2nsnc2c1. The smallest absolute Gasteiger partial charge is 0.348 e. The average Bonchev–Trinajstić information content (AvgIpc) is 3.17. The van der Waals surface area contributed by atoms with Crippen LogP contribution in [0.25, 0.3) is 22.2 Å². The first-order valence-corrected chi connectivity index (χ1v) is 7.62. The van der Waals surface area contributed by atoms with E-state index in [-0.39, 0.29) is 5.57 Å². The topological polar surface area (TPSA) is 69.2 Å². The van der Waals surface area contributed by atoms with Gasteiger partial charge in [0.2, 0.25) is 0 Å². The summed E-state index contributed by atoms with van der Waals surface area (Å²) in [5.41, 5.74) is 2.69. The van der Waals surface area contributed by atoms with Gasteiger partial charge in [-0.15, -0.1) is 11.3 Å². The fourth-order valence-electron chi connectivity index (χ4n) is 2.23. The van der Waals surface area contributed by atoms with Crippen molar-refractivity contribution in [2.45, 2.75) is 0 Å². The minimum Gasteiger partial charge on any atom is -0.386 e. The van der Waals surface area contributed by atoms with Gasteiger partial charge in [-0.25, -0.2) is 9.59 Å². The molecule has 0 atom stereocenters. The molecule has 1 aliphatic heterocycles. The van der Waals surface area contributed by atoms with Crippen molar-refractivity contribution >= 4 is 57.2 Å². The summed E-state index contributed by atoms with van der Waals surface area (Å²) in [4.78, 5) is 24.7. The van der Waals surface area contributed by atoms with E-state index in [1.807, 2.05) is 11.4 Å². The molecule has 0 amide bonds. The van der Waals surface area contributed by atoms with Gasteiger partial charge in [-0.05, 0) is 29.1 Å². The van der Waals surface area contributed by atoms with Crippen molar-refractivity contribution in [1.82, 2.24) is 8.75 Å². The lowest BCUT2D eigenvalue weighted by atomic mass is 10.00. The van der Waals surface area contributed by atoms with Crippen molar-refractivity contribution in [2.24, 2.45) is 0 Å². The quantitative estimate of drug-likeness (QED) is 0.537. The fraction of sp³-hybridized carbons (Fsp3) is 0. The first-order chi connectivity index (χ1) is 10.2. The third-order valence-corrected chi connectivity index (χ3v) is 4.60. The molecule has 5 nitrogen and oxygen atoms in total. The van der Waals surface area contributed by atoms with Gasteiger partial charge in [0.25, 0.3) is 0 Å². The molecule has 0 aliphatic carbocycles. The van der Waals surface area contributed by atoms with Crippen LogP contribution in [0.5, 0.6) is 0 Å². The van der Waals surface area contributed by atoms with Crippen molar-refractivity contribution < 1.29 is 14.3 Å². The second-order valence-electron chi connectivity index (χ2n) is 4.37. The molecule has 102 valence electrons. The van der Waals surface area contributed by atoms with Crippen molar-refractivity contribution in [1.29, 1.82) is 0 Å². The summed E-state index contributed by atoms with van der Waals surface area (Å²) in [6, 6.07) is 8.91. The van der Waals surface area contributed by atoms with Crippen LogP contribution in [0.1, 0.15) is 10.4 Å². The zero-order chi connectivity index (χ0) is 14.4. The van der Waals surface area contributed by atoms with Crippen molar-refractivity contribution in [3.8, 4) is 0 Å². The highest BCUT2D eigenvalue weighted by molar-refractivity contribution is 7.11.